The number of nitrogens with one attached hydrogen (secondary N) is 1. The van der Waals surface area contributed by atoms with Gasteiger partial charge in [-0.1, -0.05) is 11.8 Å². The molecule has 0 bridgehead atoms. The summed E-state index contributed by atoms with van der Waals surface area (Å²) in [5.74, 6) is 5.71. The van der Waals surface area contributed by atoms with E-state index in [1.807, 2.05) is 0 Å². The van der Waals surface area contributed by atoms with Gasteiger partial charge in [0.05, 0.1) is 11.4 Å². The highest BCUT2D eigenvalue weighted by Crippen LogP contribution is 2.10. The molecule has 0 amide bonds. The van der Waals surface area contributed by atoms with Crippen molar-refractivity contribution in [3.63, 3.8) is 0 Å². The maximum absolute atomic E-state index is 12.1. The van der Waals surface area contributed by atoms with Gasteiger partial charge in [-0.25, -0.2) is 13.1 Å². The number of aryl methyl sites for hydroxylation is 1. The molecule has 1 aromatic carbocycles. The molecule has 2 rings (SSSR count). The lowest BCUT2D eigenvalue weighted by atomic mass is 10.2. The SMILES string of the molecule is Cn1cnnc1CNS(=O)(=O)c1ccc(C#CCO)cc1. The lowest BCUT2D eigenvalue weighted by molar-refractivity contribution is 0.350. The Labute approximate surface area is 122 Å². The highest BCUT2D eigenvalue weighted by atomic mass is 32.2. The third kappa shape index (κ3) is 3.88. The van der Waals surface area contributed by atoms with Crippen molar-refractivity contribution < 1.29 is 13.5 Å². The molecule has 110 valence electrons. The lowest BCUT2D eigenvalue weighted by Crippen LogP contribution is -2.24. The van der Waals surface area contributed by atoms with E-state index in [1.54, 1.807) is 23.7 Å². The van der Waals surface area contributed by atoms with Gasteiger partial charge in [-0.05, 0) is 24.3 Å². The molecular weight excluding hydrogens is 292 g/mol. The number of aliphatic hydroxyl groups excluding tert-OH is 1. The van der Waals surface area contributed by atoms with Crippen LogP contribution >= 0.6 is 0 Å². The predicted octanol–water partition coefficient (Wildman–Crippen LogP) is -0.363. The van der Waals surface area contributed by atoms with Crippen LogP contribution in [0.1, 0.15) is 11.4 Å². The number of rotatable bonds is 4. The first-order chi connectivity index (χ1) is 10.0. The number of sulfonamides is 1. The highest BCUT2D eigenvalue weighted by Gasteiger charge is 2.14. The normalized spacial score (nSPS) is 11.0. The van der Waals surface area contributed by atoms with E-state index in [-0.39, 0.29) is 18.0 Å². The summed E-state index contributed by atoms with van der Waals surface area (Å²) < 4.78 is 28.3. The third-order valence-electron chi connectivity index (χ3n) is 2.70. The van der Waals surface area contributed by atoms with Crippen LogP contribution < -0.4 is 4.72 Å². The summed E-state index contributed by atoms with van der Waals surface area (Å²) in [6, 6.07) is 6.08. The zero-order valence-electron chi connectivity index (χ0n) is 11.3. The molecule has 1 heterocycles. The van der Waals surface area contributed by atoms with Crippen LogP contribution in [0.5, 0.6) is 0 Å². The van der Waals surface area contributed by atoms with Crippen LogP contribution in [-0.2, 0) is 23.6 Å². The lowest BCUT2D eigenvalue weighted by Gasteiger charge is -2.06. The van der Waals surface area contributed by atoms with E-state index in [0.29, 0.717) is 11.4 Å². The zero-order chi connectivity index (χ0) is 15.3. The number of nitrogens with zero attached hydrogens (tertiary/aromatic N) is 3. The first kappa shape index (κ1) is 15.2. The van der Waals surface area contributed by atoms with Crippen LogP contribution in [0.3, 0.4) is 0 Å². The predicted molar refractivity (Wildman–Crippen MR) is 75.4 cm³/mol. The van der Waals surface area contributed by atoms with Crippen molar-refractivity contribution in [2.75, 3.05) is 6.61 Å². The van der Waals surface area contributed by atoms with Gasteiger partial charge in [-0.15, -0.1) is 10.2 Å². The van der Waals surface area contributed by atoms with Crippen molar-refractivity contribution in [3.05, 3.63) is 42.0 Å². The van der Waals surface area contributed by atoms with Gasteiger partial charge in [0.25, 0.3) is 0 Å². The van der Waals surface area contributed by atoms with E-state index < -0.39 is 10.0 Å². The molecule has 0 aliphatic heterocycles. The Morgan fingerprint density at radius 2 is 2.05 bits per heavy atom. The van der Waals surface area contributed by atoms with Gasteiger partial charge in [-0.2, -0.15) is 0 Å². The third-order valence-corrected chi connectivity index (χ3v) is 4.12. The summed E-state index contributed by atoms with van der Waals surface area (Å²) in [6.07, 6.45) is 1.50. The van der Waals surface area contributed by atoms with Crippen molar-refractivity contribution in [2.45, 2.75) is 11.4 Å². The maximum Gasteiger partial charge on any atom is 0.240 e. The molecule has 2 N–H and O–H groups in total. The number of aromatic nitrogens is 3. The van der Waals surface area contributed by atoms with E-state index in [4.69, 9.17) is 5.11 Å². The smallest absolute Gasteiger partial charge is 0.240 e. The molecule has 0 aliphatic rings. The molecule has 0 atom stereocenters. The Bertz CT molecular complexity index is 770. The van der Waals surface area contributed by atoms with Crippen LogP contribution in [0.25, 0.3) is 0 Å². The maximum atomic E-state index is 12.1. The summed E-state index contributed by atoms with van der Waals surface area (Å²) in [5, 5.41) is 16.1. The van der Waals surface area contributed by atoms with Crippen molar-refractivity contribution >= 4 is 10.0 Å². The molecule has 0 fully saturated rings. The topological polar surface area (TPSA) is 97.1 Å². The van der Waals surface area contributed by atoms with Crippen molar-refractivity contribution in [2.24, 2.45) is 7.05 Å². The summed E-state index contributed by atoms with van der Waals surface area (Å²) in [4.78, 5) is 0.138. The van der Waals surface area contributed by atoms with Crippen LogP contribution in [0, 0.1) is 11.8 Å². The minimum Gasteiger partial charge on any atom is -0.384 e. The number of hydrogen-bond acceptors (Lipinski definition) is 5. The first-order valence-corrected chi connectivity index (χ1v) is 7.53. The van der Waals surface area contributed by atoms with Crippen LogP contribution in [0.2, 0.25) is 0 Å². The molecule has 1 aromatic heterocycles. The van der Waals surface area contributed by atoms with Gasteiger partial charge in [-0.3, -0.25) is 0 Å². The second-order valence-electron chi connectivity index (χ2n) is 4.17. The Balaban J connectivity index is 2.10. The Hall–Kier alpha value is -2.21. The van der Waals surface area contributed by atoms with E-state index >= 15 is 0 Å². The second-order valence-corrected chi connectivity index (χ2v) is 5.93. The summed E-state index contributed by atoms with van der Waals surface area (Å²) in [7, 11) is -1.88. The summed E-state index contributed by atoms with van der Waals surface area (Å²) >= 11 is 0. The monoisotopic (exact) mass is 306 g/mol. The van der Waals surface area contributed by atoms with Gasteiger partial charge in [0.2, 0.25) is 10.0 Å². The minimum atomic E-state index is -3.62. The molecule has 21 heavy (non-hydrogen) atoms. The fourth-order valence-electron chi connectivity index (χ4n) is 1.57. The van der Waals surface area contributed by atoms with Crippen molar-refractivity contribution in [1.82, 2.24) is 19.5 Å². The highest BCUT2D eigenvalue weighted by molar-refractivity contribution is 7.89. The molecule has 0 unspecified atom stereocenters. The number of hydrogen-bond donors (Lipinski definition) is 2. The minimum absolute atomic E-state index is 0.0604. The van der Waals surface area contributed by atoms with E-state index in [0.717, 1.165) is 0 Å². The Morgan fingerprint density at radius 1 is 1.33 bits per heavy atom. The molecular formula is C13H14N4O3S. The van der Waals surface area contributed by atoms with Crippen LogP contribution in [0.4, 0.5) is 0 Å². The largest absolute Gasteiger partial charge is 0.384 e. The molecule has 0 saturated heterocycles. The van der Waals surface area contributed by atoms with Gasteiger partial charge >= 0.3 is 0 Å². The summed E-state index contributed by atoms with van der Waals surface area (Å²) in [6.45, 7) is -0.176. The molecule has 7 nitrogen and oxygen atoms in total. The first-order valence-electron chi connectivity index (χ1n) is 6.05. The van der Waals surface area contributed by atoms with Gasteiger partial charge in [0, 0.05) is 12.6 Å². The quantitative estimate of drug-likeness (QED) is 0.752. The zero-order valence-corrected chi connectivity index (χ0v) is 12.1. The Kier molecular flexibility index (Phi) is 4.70. The standard InChI is InChI=1S/C13H14N4O3S/c1-17-10-14-16-13(17)9-15-21(19,20)12-6-4-11(5-7-12)3-2-8-18/h4-7,10,15,18H,8-9H2,1H3. The van der Waals surface area contributed by atoms with Crippen molar-refractivity contribution in [3.8, 4) is 11.8 Å². The van der Waals surface area contributed by atoms with Crippen LogP contribution in [-0.4, -0.2) is 34.9 Å². The van der Waals surface area contributed by atoms with Crippen LogP contribution in [0.15, 0.2) is 35.5 Å². The molecule has 0 aliphatic carbocycles. The molecule has 0 saturated carbocycles. The summed E-state index contributed by atoms with van der Waals surface area (Å²) in [5.41, 5.74) is 0.635. The molecule has 0 spiro atoms. The fraction of sp³-hybridized carbons (Fsp3) is 0.231. The molecule has 2 aromatic rings. The van der Waals surface area contributed by atoms with E-state index in [2.05, 4.69) is 26.8 Å². The van der Waals surface area contributed by atoms with E-state index in [1.165, 1.54) is 18.5 Å². The molecule has 8 heteroatoms. The average Bonchev–Trinajstić information content (AvgIpc) is 2.89. The van der Waals surface area contributed by atoms with E-state index in [9.17, 15) is 8.42 Å². The Morgan fingerprint density at radius 3 is 2.62 bits per heavy atom. The van der Waals surface area contributed by atoms with Gasteiger partial charge in [0.1, 0.15) is 18.8 Å². The second kappa shape index (κ2) is 6.49. The fourth-order valence-corrected chi connectivity index (χ4v) is 2.55. The average molecular weight is 306 g/mol. The molecule has 0 radical (unpaired) electrons. The number of aliphatic hydroxyl groups is 1. The van der Waals surface area contributed by atoms with Crippen molar-refractivity contribution in [1.29, 1.82) is 0 Å². The number of benzene rings is 1. The van der Waals surface area contributed by atoms with Gasteiger partial charge in [0.15, 0.2) is 0 Å². The van der Waals surface area contributed by atoms with Gasteiger partial charge < -0.3 is 9.67 Å².